The molecule has 0 spiro atoms. The first kappa shape index (κ1) is 16.6. The number of hydrogen-bond donors (Lipinski definition) is 1. The van der Waals surface area contributed by atoms with Crippen molar-refractivity contribution < 1.29 is 18.3 Å². The van der Waals surface area contributed by atoms with E-state index in [1.54, 1.807) is 6.92 Å². The van der Waals surface area contributed by atoms with E-state index in [0.29, 0.717) is 0 Å². The molecule has 0 saturated carbocycles. The summed E-state index contributed by atoms with van der Waals surface area (Å²) >= 11 is 0. The molecular formula is C13H20N2O4S. The van der Waals surface area contributed by atoms with Gasteiger partial charge < -0.3 is 5.11 Å². The molecule has 0 aromatic heterocycles. The number of carbonyl (C=O) groups is 1. The number of carboxylic acid groups (broad SMARTS) is 1. The summed E-state index contributed by atoms with van der Waals surface area (Å²) in [6, 6.07) is 8.08. The van der Waals surface area contributed by atoms with Crippen LogP contribution in [0.5, 0.6) is 0 Å². The summed E-state index contributed by atoms with van der Waals surface area (Å²) in [7, 11) is -2.53. The first-order chi connectivity index (χ1) is 9.30. The highest BCUT2D eigenvalue weighted by Crippen LogP contribution is 2.14. The molecule has 1 rings (SSSR count). The molecule has 1 aromatic carbocycles. The summed E-state index contributed by atoms with van der Waals surface area (Å²) in [6.07, 6.45) is 0. The Morgan fingerprint density at radius 2 is 1.85 bits per heavy atom. The van der Waals surface area contributed by atoms with Crippen LogP contribution in [0.3, 0.4) is 0 Å². The van der Waals surface area contributed by atoms with E-state index in [1.807, 2.05) is 30.3 Å². The first-order valence-electron chi connectivity index (χ1n) is 6.30. The maximum Gasteiger partial charge on any atom is 0.321 e. The van der Waals surface area contributed by atoms with Crippen molar-refractivity contribution in [1.29, 1.82) is 0 Å². The van der Waals surface area contributed by atoms with Crippen molar-refractivity contribution in [3.05, 3.63) is 35.9 Å². The van der Waals surface area contributed by atoms with Crippen molar-refractivity contribution in [1.82, 2.24) is 8.61 Å². The summed E-state index contributed by atoms with van der Waals surface area (Å²) in [5.41, 5.74) is 0.856. The third-order valence-corrected chi connectivity index (χ3v) is 5.23. The molecule has 0 fully saturated rings. The Hall–Kier alpha value is -1.44. The molecular weight excluding hydrogens is 280 g/mol. The smallest absolute Gasteiger partial charge is 0.321 e. The van der Waals surface area contributed by atoms with Gasteiger partial charge in [-0.2, -0.15) is 17.0 Å². The van der Waals surface area contributed by atoms with Crippen LogP contribution >= 0.6 is 0 Å². The molecule has 6 nitrogen and oxygen atoms in total. The second kappa shape index (κ2) is 6.83. The molecule has 1 aromatic rings. The molecule has 0 amide bonds. The molecule has 0 heterocycles. The van der Waals surface area contributed by atoms with Crippen LogP contribution in [0.25, 0.3) is 0 Å². The number of rotatable bonds is 7. The van der Waals surface area contributed by atoms with Crippen molar-refractivity contribution in [2.45, 2.75) is 26.4 Å². The Bertz CT molecular complexity index is 545. The van der Waals surface area contributed by atoms with Gasteiger partial charge in [0.1, 0.15) is 6.04 Å². The van der Waals surface area contributed by atoms with Gasteiger partial charge in [-0.3, -0.25) is 4.79 Å². The average molecular weight is 300 g/mol. The molecule has 0 saturated heterocycles. The molecule has 1 unspecified atom stereocenters. The molecule has 0 aliphatic carbocycles. The Balaban J connectivity index is 2.95. The van der Waals surface area contributed by atoms with Crippen molar-refractivity contribution in [2.24, 2.45) is 0 Å². The number of aliphatic carboxylic acids is 1. The summed E-state index contributed by atoms with van der Waals surface area (Å²) in [5, 5.41) is 8.94. The van der Waals surface area contributed by atoms with Crippen molar-refractivity contribution >= 4 is 16.2 Å². The normalized spacial score (nSPS) is 13.7. The fourth-order valence-corrected chi connectivity index (χ4v) is 3.17. The molecule has 112 valence electrons. The lowest BCUT2D eigenvalue weighted by atomic mass is 10.2. The topological polar surface area (TPSA) is 77.9 Å². The molecule has 0 aliphatic heterocycles. The van der Waals surface area contributed by atoms with Gasteiger partial charge in [0.05, 0.1) is 0 Å². The molecule has 0 aliphatic rings. The van der Waals surface area contributed by atoms with E-state index in [1.165, 1.54) is 18.3 Å². The molecule has 1 N–H and O–H groups in total. The predicted molar refractivity (Wildman–Crippen MR) is 76.3 cm³/mol. The zero-order valence-electron chi connectivity index (χ0n) is 11.9. The second-order valence-electron chi connectivity index (χ2n) is 4.45. The van der Waals surface area contributed by atoms with Gasteiger partial charge in [-0.25, -0.2) is 0 Å². The average Bonchev–Trinajstić information content (AvgIpc) is 2.43. The quantitative estimate of drug-likeness (QED) is 0.819. The predicted octanol–water partition coefficient (Wildman–Crippen LogP) is 1.16. The minimum absolute atomic E-state index is 0.219. The van der Waals surface area contributed by atoms with Gasteiger partial charge in [0.15, 0.2) is 0 Å². The van der Waals surface area contributed by atoms with Crippen molar-refractivity contribution in [3.63, 3.8) is 0 Å². The molecule has 0 radical (unpaired) electrons. The Morgan fingerprint density at radius 3 is 2.30 bits per heavy atom. The van der Waals surface area contributed by atoms with Gasteiger partial charge in [0.2, 0.25) is 0 Å². The van der Waals surface area contributed by atoms with Crippen LogP contribution in [0.15, 0.2) is 30.3 Å². The SMILES string of the molecule is CCN(Cc1ccccc1)S(=O)(=O)N(C)C(C)C(=O)O. The van der Waals surface area contributed by atoms with E-state index in [4.69, 9.17) is 5.11 Å². The summed E-state index contributed by atoms with van der Waals surface area (Å²) in [4.78, 5) is 10.9. The number of hydrogen-bond acceptors (Lipinski definition) is 3. The molecule has 7 heteroatoms. The van der Waals surface area contributed by atoms with E-state index >= 15 is 0 Å². The van der Waals surface area contributed by atoms with Gasteiger partial charge in [0.25, 0.3) is 10.2 Å². The second-order valence-corrected chi connectivity index (χ2v) is 6.44. The zero-order valence-corrected chi connectivity index (χ0v) is 12.7. The summed E-state index contributed by atoms with van der Waals surface area (Å²) in [6.45, 7) is 3.56. The first-order valence-corrected chi connectivity index (χ1v) is 7.70. The minimum Gasteiger partial charge on any atom is -0.480 e. The standard InChI is InChI=1S/C13H20N2O4S/c1-4-15(10-12-8-6-5-7-9-12)20(18,19)14(3)11(2)13(16)17/h5-9,11H,4,10H2,1-3H3,(H,16,17). The summed E-state index contributed by atoms with van der Waals surface area (Å²) < 4.78 is 26.9. The minimum atomic E-state index is -3.81. The lowest BCUT2D eigenvalue weighted by Gasteiger charge is -2.28. The highest BCUT2D eigenvalue weighted by atomic mass is 32.2. The van der Waals surface area contributed by atoms with Crippen molar-refractivity contribution in [2.75, 3.05) is 13.6 Å². The number of nitrogens with zero attached hydrogens (tertiary/aromatic N) is 2. The van der Waals surface area contributed by atoms with Gasteiger partial charge in [-0.15, -0.1) is 0 Å². The van der Waals surface area contributed by atoms with E-state index < -0.39 is 22.2 Å². The van der Waals surface area contributed by atoms with Crippen LogP contribution in [-0.4, -0.2) is 47.7 Å². The van der Waals surface area contributed by atoms with E-state index in [0.717, 1.165) is 9.87 Å². The van der Waals surface area contributed by atoms with E-state index in [2.05, 4.69) is 0 Å². The lowest BCUT2D eigenvalue weighted by Crippen LogP contribution is -2.47. The van der Waals surface area contributed by atoms with Crippen LogP contribution in [0.1, 0.15) is 19.4 Å². The van der Waals surface area contributed by atoms with Crippen LogP contribution in [0.4, 0.5) is 0 Å². The maximum atomic E-state index is 12.4. The largest absolute Gasteiger partial charge is 0.480 e. The molecule has 1 atom stereocenters. The third-order valence-electron chi connectivity index (χ3n) is 3.15. The molecule has 0 bridgehead atoms. The highest BCUT2D eigenvalue weighted by Gasteiger charge is 2.32. The van der Waals surface area contributed by atoms with Crippen LogP contribution in [0, 0.1) is 0 Å². The fraction of sp³-hybridized carbons (Fsp3) is 0.462. The van der Waals surface area contributed by atoms with Crippen LogP contribution in [-0.2, 0) is 21.5 Å². The zero-order chi connectivity index (χ0) is 15.3. The van der Waals surface area contributed by atoms with Gasteiger partial charge >= 0.3 is 5.97 Å². The van der Waals surface area contributed by atoms with E-state index in [-0.39, 0.29) is 13.1 Å². The monoisotopic (exact) mass is 300 g/mol. The van der Waals surface area contributed by atoms with Crippen molar-refractivity contribution in [3.8, 4) is 0 Å². The number of likely N-dealkylation sites (N-methyl/N-ethyl adjacent to an activating group) is 1. The third kappa shape index (κ3) is 3.78. The number of benzene rings is 1. The summed E-state index contributed by atoms with van der Waals surface area (Å²) in [5.74, 6) is -1.17. The Morgan fingerprint density at radius 1 is 1.30 bits per heavy atom. The van der Waals surface area contributed by atoms with Crippen LogP contribution < -0.4 is 0 Å². The van der Waals surface area contributed by atoms with Gasteiger partial charge in [0, 0.05) is 20.1 Å². The van der Waals surface area contributed by atoms with Gasteiger partial charge in [-0.05, 0) is 12.5 Å². The maximum absolute atomic E-state index is 12.4. The van der Waals surface area contributed by atoms with Crippen LogP contribution in [0.2, 0.25) is 0 Å². The Labute approximate surface area is 119 Å². The lowest BCUT2D eigenvalue weighted by molar-refractivity contribution is -0.140. The number of carboxylic acids is 1. The Kier molecular flexibility index (Phi) is 5.67. The van der Waals surface area contributed by atoms with E-state index in [9.17, 15) is 13.2 Å². The van der Waals surface area contributed by atoms with Gasteiger partial charge in [-0.1, -0.05) is 37.3 Å². The highest BCUT2D eigenvalue weighted by molar-refractivity contribution is 7.86. The fourth-order valence-electron chi connectivity index (χ4n) is 1.68. The molecule has 20 heavy (non-hydrogen) atoms.